The summed E-state index contributed by atoms with van der Waals surface area (Å²) in [5.74, 6) is -0.850. The lowest BCUT2D eigenvalue weighted by molar-refractivity contribution is -0.384. The number of nitrogens with two attached hydrogens (primary N) is 1. The molecular weight excluding hydrogens is 396 g/mol. The molecule has 3 aromatic carbocycles. The normalized spacial score (nSPS) is 11.4. The molecule has 2 amide bonds. The van der Waals surface area contributed by atoms with Crippen molar-refractivity contribution in [1.82, 2.24) is 5.43 Å². The van der Waals surface area contributed by atoms with Crippen molar-refractivity contribution in [2.75, 3.05) is 5.01 Å². The maximum atomic E-state index is 12.9. The van der Waals surface area contributed by atoms with Crippen molar-refractivity contribution in [3.05, 3.63) is 106 Å². The standard InChI is InChI=1S/C23H22N4O4/c24-21(15-18-11-13-20(14-12-18)27(30)31)23(29)25-26(19-9-5-2-6-10-19)22(28)16-17-7-3-1-4-8-17/h1-14,21H,15-16,24H2,(H,25,29)/t21-/m0/s1. The van der Waals surface area contributed by atoms with Crippen LogP contribution >= 0.6 is 0 Å². The van der Waals surface area contributed by atoms with E-state index in [4.69, 9.17) is 5.73 Å². The topological polar surface area (TPSA) is 119 Å². The zero-order valence-electron chi connectivity index (χ0n) is 16.7. The lowest BCUT2D eigenvalue weighted by atomic mass is 10.1. The Balaban J connectivity index is 1.71. The molecule has 3 N–H and O–H groups in total. The number of nitrogens with zero attached hydrogens (tertiary/aromatic N) is 2. The van der Waals surface area contributed by atoms with E-state index < -0.39 is 16.9 Å². The number of anilines is 1. The van der Waals surface area contributed by atoms with Crippen LogP contribution in [0, 0.1) is 10.1 Å². The Morgan fingerprint density at radius 3 is 2.06 bits per heavy atom. The number of para-hydroxylation sites is 1. The second-order valence-electron chi connectivity index (χ2n) is 6.94. The van der Waals surface area contributed by atoms with E-state index in [-0.39, 0.29) is 24.4 Å². The predicted molar refractivity (Wildman–Crippen MR) is 117 cm³/mol. The fourth-order valence-electron chi connectivity index (χ4n) is 2.99. The van der Waals surface area contributed by atoms with E-state index in [2.05, 4.69) is 5.43 Å². The van der Waals surface area contributed by atoms with Crippen molar-refractivity contribution >= 4 is 23.2 Å². The highest BCUT2D eigenvalue weighted by Gasteiger charge is 2.22. The zero-order valence-corrected chi connectivity index (χ0v) is 16.7. The minimum atomic E-state index is -0.947. The molecule has 0 bridgehead atoms. The molecule has 0 unspecified atom stereocenters. The van der Waals surface area contributed by atoms with Crippen LogP contribution in [0.4, 0.5) is 11.4 Å². The fourth-order valence-corrected chi connectivity index (χ4v) is 2.99. The number of carbonyl (C=O) groups is 2. The maximum absolute atomic E-state index is 12.9. The van der Waals surface area contributed by atoms with Gasteiger partial charge in [-0.1, -0.05) is 60.7 Å². The van der Waals surface area contributed by atoms with Crippen molar-refractivity contribution in [3.8, 4) is 0 Å². The number of amides is 2. The van der Waals surface area contributed by atoms with Crippen LogP contribution in [0.25, 0.3) is 0 Å². The molecule has 3 aromatic rings. The molecule has 0 saturated heterocycles. The number of carbonyl (C=O) groups excluding carboxylic acids is 2. The third kappa shape index (κ3) is 5.97. The molecule has 0 fully saturated rings. The molecule has 0 aliphatic heterocycles. The van der Waals surface area contributed by atoms with Crippen LogP contribution in [0.15, 0.2) is 84.9 Å². The summed E-state index contributed by atoms with van der Waals surface area (Å²) in [7, 11) is 0. The maximum Gasteiger partial charge on any atom is 0.269 e. The van der Waals surface area contributed by atoms with E-state index in [1.165, 1.54) is 17.1 Å². The van der Waals surface area contributed by atoms with Crippen LogP contribution < -0.4 is 16.2 Å². The Labute approximate surface area is 179 Å². The summed E-state index contributed by atoms with van der Waals surface area (Å²) < 4.78 is 0. The summed E-state index contributed by atoms with van der Waals surface area (Å²) in [5.41, 5.74) is 10.6. The Bertz CT molecular complexity index is 1040. The first kappa shape index (κ1) is 21.7. The van der Waals surface area contributed by atoms with Gasteiger partial charge in [0, 0.05) is 12.1 Å². The van der Waals surface area contributed by atoms with Gasteiger partial charge in [-0.3, -0.25) is 25.1 Å². The number of nitro groups is 1. The summed E-state index contributed by atoms with van der Waals surface area (Å²) >= 11 is 0. The molecular formula is C23H22N4O4. The SMILES string of the molecule is N[C@@H](Cc1ccc([N+](=O)[O-])cc1)C(=O)NN(C(=O)Cc1ccccc1)c1ccccc1. The molecule has 31 heavy (non-hydrogen) atoms. The molecule has 0 radical (unpaired) electrons. The minimum Gasteiger partial charge on any atom is -0.320 e. The van der Waals surface area contributed by atoms with Gasteiger partial charge in [0.1, 0.15) is 0 Å². The third-order valence-corrected chi connectivity index (χ3v) is 4.62. The minimum absolute atomic E-state index is 0.0384. The number of nitrogens with one attached hydrogen (secondary N) is 1. The quantitative estimate of drug-likeness (QED) is 0.452. The first-order valence-corrected chi connectivity index (χ1v) is 9.65. The molecule has 0 spiro atoms. The van der Waals surface area contributed by atoms with Gasteiger partial charge in [-0.2, -0.15) is 0 Å². The van der Waals surface area contributed by atoms with Gasteiger partial charge < -0.3 is 5.73 Å². The summed E-state index contributed by atoms with van der Waals surface area (Å²) in [6.45, 7) is 0. The van der Waals surface area contributed by atoms with Crippen LogP contribution in [-0.2, 0) is 22.4 Å². The predicted octanol–water partition coefficient (Wildman–Crippen LogP) is 2.77. The Morgan fingerprint density at radius 1 is 0.903 bits per heavy atom. The van der Waals surface area contributed by atoms with Crippen molar-refractivity contribution in [1.29, 1.82) is 0 Å². The Hall–Kier alpha value is -4.04. The fraction of sp³-hybridized carbons (Fsp3) is 0.130. The number of hydrogen-bond donors (Lipinski definition) is 2. The molecule has 0 aliphatic carbocycles. The first-order valence-electron chi connectivity index (χ1n) is 9.65. The van der Waals surface area contributed by atoms with Crippen molar-refractivity contribution < 1.29 is 14.5 Å². The Kier molecular flexibility index (Phi) is 7.08. The number of hydrazine groups is 1. The summed E-state index contributed by atoms with van der Waals surface area (Å²) in [5, 5.41) is 12.0. The van der Waals surface area contributed by atoms with Gasteiger partial charge >= 0.3 is 0 Å². The van der Waals surface area contributed by atoms with Gasteiger partial charge in [0.15, 0.2) is 0 Å². The van der Waals surface area contributed by atoms with E-state index in [0.29, 0.717) is 11.3 Å². The summed E-state index contributed by atoms with van der Waals surface area (Å²) in [4.78, 5) is 35.9. The first-order chi connectivity index (χ1) is 14.9. The second-order valence-corrected chi connectivity index (χ2v) is 6.94. The molecule has 0 heterocycles. The van der Waals surface area contributed by atoms with Gasteiger partial charge in [-0.05, 0) is 29.7 Å². The van der Waals surface area contributed by atoms with Gasteiger partial charge in [-0.25, -0.2) is 5.01 Å². The Morgan fingerprint density at radius 2 is 1.48 bits per heavy atom. The number of nitro benzene ring substituents is 1. The molecule has 1 atom stereocenters. The average Bonchev–Trinajstić information content (AvgIpc) is 2.78. The number of hydrogen-bond acceptors (Lipinski definition) is 5. The van der Waals surface area contributed by atoms with Crippen LogP contribution in [0.2, 0.25) is 0 Å². The van der Waals surface area contributed by atoms with E-state index in [1.807, 2.05) is 36.4 Å². The summed E-state index contributed by atoms with van der Waals surface area (Å²) in [6, 6.07) is 22.9. The molecule has 0 aliphatic rings. The third-order valence-electron chi connectivity index (χ3n) is 4.62. The molecule has 0 aromatic heterocycles. The van der Waals surface area contributed by atoms with Gasteiger partial charge in [-0.15, -0.1) is 0 Å². The van der Waals surface area contributed by atoms with E-state index in [9.17, 15) is 19.7 Å². The highest BCUT2D eigenvalue weighted by molar-refractivity contribution is 5.98. The number of benzene rings is 3. The lowest BCUT2D eigenvalue weighted by Crippen LogP contribution is -2.53. The van der Waals surface area contributed by atoms with E-state index >= 15 is 0 Å². The molecule has 0 saturated carbocycles. The highest BCUT2D eigenvalue weighted by atomic mass is 16.6. The molecule has 3 rings (SSSR count). The van der Waals surface area contributed by atoms with Crippen molar-refractivity contribution in [2.45, 2.75) is 18.9 Å². The number of rotatable bonds is 7. The second kappa shape index (κ2) is 10.1. The largest absolute Gasteiger partial charge is 0.320 e. The van der Waals surface area contributed by atoms with Crippen LogP contribution in [0.1, 0.15) is 11.1 Å². The summed E-state index contributed by atoms with van der Waals surface area (Å²) in [6.07, 6.45) is 0.271. The number of non-ortho nitro benzene ring substituents is 1. The van der Waals surface area contributed by atoms with E-state index in [1.54, 1.807) is 36.4 Å². The van der Waals surface area contributed by atoms with Gasteiger partial charge in [0.25, 0.3) is 11.6 Å². The van der Waals surface area contributed by atoms with Crippen molar-refractivity contribution in [3.63, 3.8) is 0 Å². The van der Waals surface area contributed by atoms with E-state index in [0.717, 1.165) is 5.56 Å². The molecule has 158 valence electrons. The zero-order chi connectivity index (χ0) is 22.2. The molecule has 8 nitrogen and oxygen atoms in total. The smallest absolute Gasteiger partial charge is 0.269 e. The van der Waals surface area contributed by atoms with Crippen molar-refractivity contribution in [2.24, 2.45) is 5.73 Å². The molecule has 8 heteroatoms. The van der Waals surface area contributed by atoms with Crippen LogP contribution in [0.3, 0.4) is 0 Å². The van der Waals surface area contributed by atoms with Gasteiger partial charge in [0.05, 0.1) is 23.1 Å². The average molecular weight is 418 g/mol. The lowest BCUT2D eigenvalue weighted by Gasteiger charge is -2.25. The van der Waals surface area contributed by atoms with Crippen LogP contribution in [-0.4, -0.2) is 22.8 Å². The van der Waals surface area contributed by atoms with Gasteiger partial charge in [0.2, 0.25) is 5.91 Å². The monoisotopic (exact) mass is 418 g/mol. The van der Waals surface area contributed by atoms with Crippen LogP contribution in [0.5, 0.6) is 0 Å². The highest BCUT2D eigenvalue weighted by Crippen LogP contribution is 2.15.